The average molecular weight is 386 g/mol. The Morgan fingerprint density at radius 1 is 1.00 bits per heavy atom. The van der Waals surface area contributed by atoms with Crippen molar-refractivity contribution in [2.75, 3.05) is 43.2 Å². The normalized spacial score (nSPS) is 16.4. The van der Waals surface area contributed by atoms with Crippen LogP contribution in [0.25, 0.3) is 33.5 Å². The number of fused-ring (bicyclic) bond motifs is 2. The van der Waals surface area contributed by atoms with Crippen molar-refractivity contribution in [1.29, 1.82) is 0 Å². The van der Waals surface area contributed by atoms with E-state index in [0.29, 0.717) is 41.3 Å². The van der Waals surface area contributed by atoms with Crippen molar-refractivity contribution < 1.29 is 13.9 Å². The quantitative estimate of drug-likeness (QED) is 0.525. The molecule has 7 nitrogen and oxygen atoms in total. The first-order chi connectivity index (χ1) is 14.2. The molecule has 0 radical (unpaired) electrons. The first-order valence-electron chi connectivity index (χ1n) is 9.65. The Labute approximate surface area is 166 Å². The molecule has 0 spiro atoms. The van der Waals surface area contributed by atoms with Gasteiger partial charge in [-0.2, -0.15) is 0 Å². The molecule has 7 heteroatoms. The lowest BCUT2D eigenvalue weighted by Crippen LogP contribution is -2.36. The van der Waals surface area contributed by atoms with Gasteiger partial charge in [-0.1, -0.05) is 18.2 Å². The number of carbonyl (C=O) groups excluding carboxylic acids is 1. The number of morpholine rings is 1. The van der Waals surface area contributed by atoms with Gasteiger partial charge in [-0.3, -0.25) is 4.79 Å². The van der Waals surface area contributed by atoms with Crippen molar-refractivity contribution in [2.24, 2.45) is 0 Å². The number of anilines is 2. The summed E-state index contributed by atoms with van der Waals surface area (Å²) >= 11 is 0. The van der Waals surface area contributed by atoms with Gasteiger partial charge in [-0.05, 0) is 18.2 Å². The van der Waals surface area contributed by atoms with Crippen molar-refractivity contribution >= 4 is 39.4 Å². The summed E-state index contributed by atoms with van der Waals surface area (Å²) in [4.78, 5) is 26.4. The smallest absolute Gasteiger partial charge is 0.258 e. The van der Waals surface area contributed by atoms with E-state index >= 15 is 0 Å². The molecular formula is C22H18N4O3. The van der Waals surface area contributed by atoms with Gasteiger partial charge in [0.05, 0.1) is 24.5 Å². The van der Waals surface area contributed by atoms with Crippen LogP contribution in [0.4, 0.5) is 11.5 Å². The second-order valence-corrected chi connectivity index (χ2v) is 7.34. The second kappa shape index (κ2) is 6.02. The molecule has 0 atom stereocenters. The first kappa shape index (κ1) is 16.5. The summed E-state index contributed by atoms with van der Waals surface area (Å²) in [6.07, 6.45) is 0. The van der Waals surface area contributed by atoms with Gasteiger partial charge < -0.3 is 19.0 Å². The van der Waals surface area contributed by atoms with E-state index in [9.17, 15) is 4.79 Å². The molecule has 6 rings (SSSR count). The molecule has 1 saturated heterocycles. The predicted molar refractivity (Wildman–Crippen MR) is 111 cm³/mol. The number of rotatable bonds is 2. The van der Waals surface area contributed by atoms with E-state index < -0.39 is 0 Å². The minimum absolute atomic E-state index is 0.0298. The van der Waals surface area contributed by atoms with E-state index in [1.54, 1.807) is 11.9 Å². The maximum absolute atomic E-state index is 12.9. The van der Waals surface area contributed by atoms with E-state index in [-0.39, 0.29) is 5.91 Å². The highest BCUT2D eigenvalue weighted by molar-refractivity contribution is 6.28. The highest BCUT2D eigenvalue weighted by Crippen LogP contribution is 2.42. The SMILES string of the molecule is CN1C(=O)c2cc(N3CCOCC3)nc3c2c1cc1oc(-c2ccccc2)nc13. The number of amides is 1. The van der Waals surface area contributed by atoms with Gasteiger partial charge in [0.2, 0.25) is 5.89 Å². The summed E-state index contributed by atoms with van der Waals surface area (Å²) in [5.74, 6) is 1.30. The molecule has 0 aliphatic carbocycles. The topological polar surface area (TPSA) is 71.7 Å². The maximum atomic E-state index is 12.9. The molecule has 1 amide bonds. The summed E-state index contributed by atoms with van der Waals surface area (Å²) in [5, 5.41) is 0.843. The van der Waals surface area contributed by atoms with Gasteiger partial charge >= 0.3 is 0 Å². The summed E-state index contributed by atoms with van der Waals surface area (Å²) in [7, 11) is 1.78. The molecular weight excluding hydrogens is 368 g/mol. The average Bonchev–Trinajstić information content (AvgIpc) is 3.31. The third-order valence-corrected chi connectivity index (χ3v) is 5.66. The van der Waals surface area contributed by atoms with Crippen molar-refractivity contribution in [3.05, 3.63) is 48.0 Å². The first-order valence-corrected chi connectivity index (χ1v) is 9.65. The lowest BCUT2D eigenvalue weighted by Gasteiger charge is -2.28. The molecule has 1 fully saturated rings. The van der Waals surface area contributed by atoms with E-state index in [1.807, 2.05) is 42.5 Å². The molecule has 4 aromatic rings. The zero-order valence-electron chi connectivity index (χ0n) is 15.9. The van der Waals surface area contributed by atoms with Gasteiger partial charge in [0.25, 0.3) is 5.91 Å². The number of aromatic nitrogens is 2. The van der Waals surface area contributed by atoms with Crippen LogP contribution in [0, 0.1) is 0 Å². The molecule has 29 heavy (non-hydrogen) atoms. The van der Waals surface area contributed by atoms with E-state index in [2.05, 4.69) is 4.90 Å². The number of pyridine rings is 1. The molecule has 0 saturated carbocycles. The predicted octanol–water partition coefficient (Wildman–Crippen LogP) is 3.47. The Kier molecular flexibility index (Phi) is 3.43. The van der Waals surface area contributed by atoms with Crippen LogP contribution in [0.2, 0.25) is 0 Å². The third-order valence-electron chi connectivity index (χ3n) is 5.66. The fraction of sp³-hybridized carbons (Fsp3) is 0.227. The van der Waals surface area contributed by atoms with Crippen LogP contribution in [0.5, 0.6) is 0 Å². The number of oxazole rings is 1. The van der Waals surface area contributed by atoms with Crippen molar-refractivity contribution in [3.63, 3.8) is 0 Å². The molecule has 2 aliphatic heterocycles. The Bertz CT molecular complexity index is 1280. The molecule has 2 aromatic carbocycles. The summed E-state index contributed by atoms with van der Waals surface area (Å²) in [5.41, 5.74) is 4.40. The minimum atomic E-state index is -0.0298. The summed E-state index contributed by atoms with van der Waals surface area (Å²) in [6.45, 7) is 2.80. The maximum Gasteiger partial charge on any atom is 0.258 e. The molecule has 0 N–H and O–H groups in total. The van der Waals surface area contributed by atoms with Gasteiger partial charge in [0, 0.05) is 37.2 Å². The van der Waals surface area contributed by atoms with Crippen LogP contribution in [0.3, 0.4) is 0 Å². The van der Waals surface area contributed by atoms with Gasteiger partial charge in [0.15, 0.2) is 5.58 Å². The van der Waals surface area contributed by atoms with Crippen LogP contribution >= 0.6 is 0 Å². The number of benzene rings is 2. The lowest BCUT2D eigenvalue weighted by molar-refractivity contribution is 0.0999. The molecule has 0 bridgehead atoms. The number of carbonyl (C=O) groups is 1. The van der Waals surface area contributed by atoms with E-state index in [4.69, 9.17) is 19.1 Å². The van der Waals surface area contributed by atoms with Gasteiger partial charge in [0.1, 0.15) is 16.9 Å². The fourth-order valence-electron chi connectivity index (χ4n) is 4.14. The number of hydrogen-bond acceptors (Lipinski definition) is 6. The zero-order chi connectivity index (χ0) is 19.5. The lowest BCUT2D eigenvalue weighted by atomic mass is 10.1. The molecule has 144 valence electrons. The van der Waals surface area contributed by atoms with Gasteiger partial charge in [-0.15, -0.1) is 0 Å². The van der Waals surface area contributed by atoms with Crippen molar-refractivity contribution in [2.45, 2.75) is 0 Å². The van der Waals surface area contributed by atoms with Crippen LogP contribution in [-0.4, -0.2) is 49.2 Å². The number of ether oxygens (including phenoxy) is 1. The standard InChI is InChI=1S/C22H18N4O3/c1-25-15-12-16-19(24-21(29-16)13-5-3-2-4-6-13)20-18(15)14(22(25)27)11-17(23-20)26-7-9-28-10-8-26/h2-6,11-12H,7-10H2,1H3. The Hall–Kier alpha value is -3.45. The largest absolute Gasteiger partial charge is 0.436 e. The third kappa shape index (κ3) is 2.37. The summed E-state index contributed by atoms with van der Waals surface area (Å²) in [6, 6.07) is 13.6. The van der Waals surface area contributed by atoms with E-state index in [0.717, 1.165) is 35.5 Å². The van der Waals surface area contributed by atoms with Crippen LogP contribution in [0.15, 0.2) is 46.9 Å². The van der Waals surface area contributed by atoms with Crippen molar-refractivity contribution in [3.8, 4) is 11.5 Å². The highest BCUT2D eigenvalue weighted by atomic mass is 16.5. The molecule has 4 heterocycles. The van der Waals surface area contributed by atoms with Crippen LogP contribution in [-0.2, 0) is 4.74 Å². The van der Waals surface area contributed by atoms with Crippen LogP contribution in [0.1, 0.15) is 10.4 Å². The number of nitrogens with zero attached hydrogens (tertiary/aromatic N) is 4. The highest BCUT2D eigenvalue weighted by Gasteiger charge is 2.32. The fourth-order valence-corrected chi connectivity index (χ4v) is 4.14. The minimum Gasteiger partial charge on any atom is -0.436 e. The monoisotopic (exact) mass is 386 g/mol. The molecule has 0 unspecified atom stereocenters. The van der Waals surface area contributed by atoms with Crippen LogP contribution < -0.4 is 9.80 Å². The second-order valence-electron chi connectivity index (χ2n) is 7.34. The van der Waals surface area contributed by atoms with Gasteiger partial charge in [-0.25, -0.2) is 9.97 Å². The molecule has 2 aliphatic rings. The zero-order valence-corrected chi connectivity index (χ0v) is 15.9. The van der Waals surface area contributed by atoms with E-state index in [1.165, 1.54) is 0 Å². The Morgan fingerprint density at radius 3 is 2.59 bits per heavy atom. The Morgan fingerprint density at radius 2 is 1.79 bits per heavy atom. The molecule has 2 aromatic heterocycles. The van der Waals surface area contributed by atoms with Crippen molar-refractivity contribution in [1.82, 2.24) is 9.97 Å². The summed E-state index contributed by atoms with van der Waals surface area (Å²) < 4.78 is 11.5. The Balaban J connectivity index is 1.64. The number of hydrogen-bond donors (Lipinski definition) is 0.